The Morgan fingerprint density at radius 3 is 2.03 bits per heavy atom. The second kappa shape index (κ2) is 12.2. The SMILES string of the molecule is COc1ccc(C=Cc2cc(OC)cc(OCc3ccc(OCC(=O)C(N)C(=O)O)cc3)c2)cc1. The maximum absolute atomic E-state index is 11.6. The van der Waals surface area contributed by atoms with Crippen molar-refractivity contribution in [2.75, 3.05) is 20.8 Å². The maximum Gasteiger partial charge on any atom is 0.328 e. The Labute approximate surface area is 203 Å². The van der Waals surface area contributed by atoms with Crippen molar-refractivity contribution in [3.63, 3.8) is 0 Å². The number of carbonyl (C=O) groups excluding carboxylic acids is 1. The van der Waals surface area contributed by atoms with Crippen molar-refractivity contribution in [1.82, 2.24) is 0 Å². The Morgan fingerprint density at radius 1 is 0.800 bits per heavy atom. The summed E-state index contributed by atoms with van der Waals surface area (Å²) in [6.45, 7) is -0.113. The summed E-state index contributed by atoms with van der Waals surface area (Å²) in [5, 5.41) is 8.76. The van der Waals surface area contributed by atoms with Crippen LogP contribution in [0.1, 0.15) is 16.7 Å². The highest BCUT2D eigenvalue weighted by Gasteiger charge is 2.21. The lowest BCUT2D eigenvalue weighted by Crippen LogP contribution is -2.41. The molecule has 0 saturated carbocycles. The van der Waals surface area contributed by atoms with Crippen LogP contribution in [0, 0.1) is 0 Å². The number of aliphatic carboxylic acids is 1. The maximum atomic E-state index is 11.6. The molecule has 1 unspecified atom stereocenters. The van der Waals surface area contributed by atoms with Crippen molar-refractivity contribution >= 4 is 23.9 Å². The van der Waals surface area contributed by atoms with E-state index in [9.17, 15) is 9.59 Å². The highest BCUT2D eigenvalue weighted by molar-refractivity contribution is 6.02. The van der Waals surface area contributed by atoms with Crippen LogP contribution in [0.3, 0.4) is 0 Å². The molecule has 3 aromatic rings. The minimum Gasteiger partial charge on any atom is -0.497 e. The van der Waals surface area contributed by atoms with Crippen molar-refractivity contribution in [1.29, 1.82) is 0 Å². The number of hydrogen-bond donors (Lipinski definition) is 2. The molecule has 8 heteroatoms. The molecule has 0 saturated heterocycles. The number of ketones is 1. The zero-order valence-corrected chi connectivity index (χ0v) is 19.5. The summed E-state index contributed by atoms with van der Waals surface area (Å²) in [6.07, 6.45) is 3.96. The first-order valence-corrected chi connectivity index (χ1v) is 10.7. The molecular formula is C27H27NO7. The van der Waals surface area contributed by atoms with Crippen LogP contribution in [0.5, 0.6) is 23.0 Å². The molecule has 8 nitrogen and oxygen atoms in total. The number of methoxy groups -OCH3 is 2. The summed E-state index contributed by atoms with van der Waals surface area (Å²) >= 11 is 0. The van der Waals surface area contributed by atoms with Gasteiger partial charge >= 0.3 is 5.97 Å². The fraction of sp³-hybridized carbons (Fsp3) is 0.185. The Kier molecular flexibility index (Phi) is 8.86. The molecule has 35 heavy (non-hydrogen) atoms. The molecule has 0 spiro atoms. The number of carbonyl (C=O) groups is 2. The lowest BCUT2D eigenvalue weighted by atomic mass is 10.1. The monoisotopic (exact) mass is 477 g/mol. The smallest absolute Gasteiger partial charge is 0.328 e. The summed E-state index contributed by atoms with van der Waals surface area (Å²) in [7, 11) is 3.23. The van der Waals surface area contributed by atoms with Gasteiger partial charge in [0.25, 0.3) is 0 Å². The molecule has 3 N–H and O–H groups in total. The van der Waals surface area contributed by atoms with Crippen molar-refractivity contribution < 1.29 is 33.6 Å². The van der Waals surface area contributed by atoms with Gasteiger partial charge in [0.1, 0.15) is 36.2 Å². The minimum absolute atomic E-state index is 0.303. The Balaban J connectivity index is 1.60. The molecule has 0 aliphatic heterocycles. The van der Waals surface area contributed by atoms with E-state index in [1.54, 1.807) is 44.6 Å². The first-order valence-electron chi connectivity index (χ1n) is 10.7. The van der Waals surface area contributed by atoms with Gasteiger partial charge in [-0.1, -0.05) is 36.4 Å². The number of hydrogen-bond acceptors (Lipinski definition) is 7. The van der Waals surface area contributed by atoms with E-state index in [0.717, 1.165) is 22.4 Å². The third kappa shape index (κ3) is 7.62. The van der Waals surface area contributed by atoms with Gasteiger partial charge in [-0.15, -0.1) is 0 Å². The molecule has 0 amide bonds. The second-order valence-corrected chi connectivity index (χ2v) is 7.55. The number of Topliss-reactive ketones (excluding diaryl/α,β-unsaturated/α-hetero) is 1. The largest absolute Gasteiger partial charge is 0.497 e. The van der Waals surface area contributed by atoms with Crippen molar-refractivity contribution in [2.45, 2.75) is 12.6 Å². The zero-order chi connectivity index (χ0) is 25.2. The predicted octanol–water partition coefficient (Wildman–Crippen LogP) is 3.81. The summed E-state index contributed by atoms with van der Waals surface area (Å²) in [5.74, 6) is 0.446. The van der Waals surface area contributed by atoms with Gasteiger partial charge in [0.05, 0.1) is 14.2 Å². The molecule has 1 atom stereocenters. The van der Waals surface area contributed by atoms with E-state index >= 15 is 0 Å². The predicted molar refractivity (Wildman–Crippen MR) is 132 cm³/mol. The molecule has 0 aromatic heterocycles. The second-order valence-electron chi connectivity index (χ2n) is 7.55. The van der Waals surface area contributed by atoms with Crippen LogP contribution in [-0.4, -0.2) is 43.7 Å². The van der Waals surface area contributed by atoms with Gasteiger partial charge < -0.3 is 29.8 Å². The zero-order valence-electron chi connectivity index (χ0n) is 19.5. The highest BCUT2D eigenvalue weighted by atomic mass is 16.5. The van der Waals surface area contributed by atoms with E-state index in [2.05, 4.69) is 0 Å². The number of nitrogens with two attached hydrogens (primary N) is 1. The van der Waals surface area contributed by atoms with E-state index in [1.807, 2.05) is 48.6 Å². The molecule has 0 bridgehead atoms. The van der Waals surface area contributed by atoms with Crippen LogP contribution < -0.4 is 24.7 Å². The van der Waals surface area contributed by atoms with Gasteiger partial charge in [0, 0.05) is 6.07 Å². The topological polar surface area (TPSA) is 117 Å². The number of rotatable bonds is 12. The van der Waals surface area contributed by atoms with Gasteiger partial charge in [-0.2, -0.15) is 0 Å². The van der Waals surface area contributed by atoms with Crippen molar-refractivity contribution in [3.8, 4) is 23.0 Å². The van der Waals surface area contributed by atoms with Crippen LogP contribution in [0.25, 0.3) is 12.2 Å². The quantitative estimate of drug-likeness (QED) is 0.299. The normalized spacial score (nSPS) is 11.6. The number of benzene rings is 3. The average molecular weight is 478 g/mol. The molecule has 0 aliphatic rings. The van der Waals surface area contributed by atoms with Gasteiger partial charge in [-0.05, 0) is 53.1 Å². The number of carboxylic acids is 1. The fourth-order valence-corrected chi connectivity index (χ4v) is 3.03. The number of carboxylic acid groups (broad SMARTS) is 1. The highest BCUT2D eigenvalue weighted by Crippen LogP contribution is 2.25. The Hall–Kier alpha value is -4.30. The lowest BCUT2D eigenvalue weighted by molar-refractivity contribution is -0.142. The average Bonchev–Trinajstić information content (AvgIpc) is 2.89. The molecule has 0 aliphatic carbocycles. The van der Waals surface area contributed by atoms with Crippen LogP contribution in [-0.2, 0) is 16.2 Å². The van der Waals surface area contributed by atoms with E-state index in [1.165, 1.54) is 0 Å². The molecule has 0 radical (unpaired) electrons. The van der Waals surface area contributed by atoms with Crippen LogP contribution >= 0.6 is 0 Å². The van der Waals surface area contributed by atoms with Gasteiger partial charge in [0.15, 0.2) is 11.8 Å². The van der Waals surface area contributed by atoms with E-state index in [-0.39, 0.29) is 0 Å². The van der Waals surface area contributed by atoms with Gasteiger partial charge in [-0.3, -0.25) is 9.59 Å². The Bertz CT molecular complexity index is 1170. The summed E-state index contributed by atoms with van der Waals surface area (Å²) in [5.41, 5.74) is 8.10. The molecule has 0 heterocycles. The fourth-order valence-electron chi connectivity index (χ4n) is 3.03. The minimum atomic E-state index is -1.60. The first-order chi connectivity index (χ1) is 16.9. The number of ether oxygens (including phenoxy) is 4. The molecule has 0 fully saturated rings. The summed E-state index contributed by atoms with van der Waals surface area (Å²) in [4.78, 5) is 22.4. The summed E-state index contributed by atoms with van der Waals surface area (Å²) in [6, 6.07) is 18.7. The van der Waals surface area contributed by atoms with Crippen LogP contribution in [0.15, 0.2) is 66.7 Å². The molecular weight excluding hydrogens is 450 g/mol. The lowest BCUT2D eigenvalue weighted by Gasteiger charge is -2.11. The first kappa shape index (κ1) is 25.3. The molecule has 3 aromatic carbocycles. The van der Waals surface area contributed by atoms with Crippen LogP contribution in [0.4, 0.5) is 0 Å². The third-order valence-corrected chi connectivity index (χ3v) is 5.04. The van der Waals surface area contributed by atoms with Crippen LogP contribution in [0.2, 0.25) is 0 Å². The Morgan fingerprint density at radius 2 is 1.40 bits per heavy atom. The molecule has 182 valence electrons. The third-order valence-electron chi connectivity index (χ3n) is 5.04. The van der Waals surface area contributed by atoms with Gasteiger partial charge in [0.2, 0.25) is 0 Å². The molecule has 3 rings (SSSR count). The van der Waals surface area contributed by atoms with Gasteiger partial charge in [-0.25, -0.2) is 0 Å². The van der Waals surface area contributed by atoms with Crippen molar-refractivity contribution in [2.24, 2.45) is 5.73 Å². The van der Waals surface area contributed by atoms with Crippen molar-refractivity contribution in [3.05, 3.63) is 83.4 Å². The van der Waals surface area contributed by atoms with E-state index in [4.69, 9.17) is 29.8 Å². The standard InChI is InChI=1S/C27H27NO7/c1-32-21-9-5-18(6-10-21)3-4-20-13-23(33-2)15-24(14-20)34-16-19-7-11-22(12-8-19)35-17-25(29)26(28)27(30)31/h3-15,26H,16-17,28H2,1-2H3,(H,30,31). The summed E-state index contributed by atoms with van der Waals surface area (Å²) < 4.78 is 21.8. The van der Waals surface area contributed by atoms with E-state index in [0.29, 0.717) is 23.9 Å². The van der Waals surface area contributed by atoms with E-state index < -0.39 is 24.4 Å².